The van der Waals surface area contributed by atoms with Gasteiger partial charge in [-0.3, -0.25) is 24.7 Å². The van der Waals surface area contributed by atoms with Gasteiger partial charge in [-0.2, -0.15) is 13.2 Å². The molecule has 0 saturated heterocycles. The molecule has 12 nitrogen and oxygen atoms in total. The molecule has 1 aliphatic rings. The zero-order valence-corrected chi connectivity index (χ0v) is 23.5. The molecule has 15 heteroatoms. The van der Waals surface area contributed by atoms with Crippen LogP contribution in [0.5, 0.6) is 5.75 Å². The summed E-state index contributed by atoms with van der Waals surface area (Å²) in [6, 6.07) is 16.5. The van der Waals surface area contributed by atoms with Gasteiger partial charge in [0.2, 0.25) is 0 Å². The highest BCUT2D eigenvalue weighted by Gasteiger charge is 2.38. The fraction of sp³-hybridized carbons (Fsp3) is 0.345. The van der Waals surface area contributed by atoms with Crippen LogP contribution in [0.25, 0.3) is 10.9 Å². The highest BCUT2D eigenvalue weighted by molar-refractivity contribution is 5.94. The fourth-order valence-corrected chi connectivity index (χ4v) is 4.72. The van der Waals surface area contributed by atoms with Gasteiger partial charge in [0.25, 0.3) is 11.8 Å². The molecule has 1 aliphatic carbocycles. The highest BCUT2D eigenvalue weighted by Crippen LogP contribution is 2.25. The third kappa shape index (κ3) is 9.55. The number of amides is 3. The number of aryl methyl sites for hydroxylation is 1. The second-order valence-electron chi connectivity index (χ2n) is 9.98. The number of hydrogen-bond acceptors (Lipinski definition) is 7. The van der Waals surface area contributed by atoms with E-state index in [1.807, 2.05) is 37.3 Å². The van der Waals surface area contributed by atoms with E-state index in [2.05, 4.69) is 10.3 Å². The number of rotatable bonds is 8. The first-order valence-corrected chi connectivity index (χ1v) is 13.4. The Balaban J connectivity index is 0.000000676. The molecule has 3 aromatic rings. The van der Waals surface area contributed by atoms with E-state index in [0.29, 0.717) is 43.6 Å². The van der Waals surface area contributed by atoms with Gasteiger partial charge in [-0.15, -0.1) is 0 Å². The minimum Gasteiger partial charge on any atom is -0.489 e. The van der Waals surface area contributed by atoms with E-state index in [0.717, 1.165) is 27.1 Å². The normalized spacial score (nSPS) is 16.2. The lowest BCUT2D eigenvalue weighted by Gasteiger charge is -2.35. The van der Waals surface area contributed by atoms with Crippen LogP contribution in [0.2, 0.25) is 0 Å². The maximum absolute atomic E-state index is 12.8. The highest BCUT2D eigenvalue weighted by atomic mass is 19.4. The second kappa shape index (κ2) is 15.0. The Morgan fingerprint density at radius 3 is 2.18 bits per heavy atom. The number of nitrogens with zero attached hydrogens (tertiary/aromatic N) is 2. The number of carboxylic acids is 1. The molecule has 0 bridgehead atoms. The summed E-state index contributed by atoms with van der Waals surface area (Å²) in [6.07, 6.45) is -4.12. The molecule has 5 N–H and O–H groups in total. The minimum atomic E-state index is -5.08. The molecule has 236 valence electrons. The zero-order valence-electron chi connectivity index (χ0n) is 23.5. The van der Waals surface area contributed by atoms with E-state index in [9.17, 15) is 32.7 Å². The number of aliphatic carboxylic acids is 1. The quantitative estimate of drug-likeness (QED) is 0.182. The lowest BCUT2D eigenvalue weighted by molar-refractivity contribution is -0.192. The number of ether oxygens (including phenoxy) is 1. The number of pyridine rings is 1. The Morgan fingerprint density at radius 2 is 1.61 bits per heavy atom. The van der Waals surface area contributed by atoms with Crippen molar-refractivity contribution in [1.82, 2.24) is 20.7 Å². The van der Waals surface area contributed by atoms with Crippen LogP contribution in [-0.2, 0) is 16.2 Å². The summed E-state index contributed by atoms with van der Waals surface area (Å²) >= 11 is 0. The van der Waals surface area contributed by atoms with Crippen molar-refractivity contribution in [2.75, 3.05) is 6.54 Å². The molecule has 3 amide bonds. The van der Waals surface area contributed by atoms with Gasteiger partial charge >= 0.3 is 18.2 Å². The summed E-state index contributed by atoms with van der Waals surface area (Å²) in [7, 11) is 0. The molecule has 1 fully saturated rings. The van der Waals surface area contributed by atoms with Gasteiger partial charge in [-0.05, 0) is 69.0 Å². The third-order valence-electron chi connectivity index (χ3n) is 6.84. The van der Waals surface area contributed by atoms with Crippen molar-refractivity contribution in [1.29, 1.82) is 0 Å². The maximum atomic E-state index is 12.8. The fourth-order valence-electron chi connectivity index (χ4n) is 4.72. The van der Waals surface area contributed by atoms with E-state index in [-0.39, 0.29) is 18.0 Å². The van der Waals surface area contributed by atoms with Crippen LogP contribution in [0, 0.1) is 6.92 Å². The molecule has 4 rings (SSSR count). The standard InChI is InChI=1S/C27H30N4O6.C2HF3O2/c1-17-14-19(23-4-2-3-5-24(23)28-17)16-37-22-12-6-18(7-13-22)26(33)29-20-8-10-21(11-9-20)31(27(34)35)15-25(32)30-36;3-2(4,5)1(6)7/h2-7,12-14,20-21,36H,8-11,15-16H2,1H3,(H,29,33)(H,30,32)(H,34,35);(H,6,7). The molecule has 44 heavy (non-hydrogen) atoms. The van der Waals surface area contributed by atoms with Crippen LogP contribution in [0.15, 0.2) is 54.6 Å². The van der Waals surface area contributed by atoms with Gasteiger partial charge in [0.1, 0.15) is 18.9 Å². The summed E-state index contributed by atoms with van der Waals surface area (Å²) in [5, 5.41) is 29.3. The SMILES string of the molecule is Cc1cc(COc2ccc(C(=O)NC3CCC(N(CC(=O)NO)C(=O)O)CC3)cc2)c2ccccc2n1.O=C(O)C(F)(F)F. The predicted molar refractivity (Wildman–Crippen MR) is 149 cm³/mol. The van der Waals surface area contributed by atoms with Gasteiger partial charge < -0.3 is 20.3 Å². The van der Waals surface area contributed by atoms with Crippen LogP contribution in [-0.4, -0.2) is 74.0 Å². The number of hydrogen-bond donors (Lipinski definition) is 5. The number of carboxylic acid groups (broad SMARTS) is 2. The van der Waals surface area contributed by atoms with Crippen LogP contribution in [0.4, 0.5) is 18.0 Å². The Labute approximate surface area is 249 Å². The van der Waals surface area contributed by atoms with Crippen molar-refractivity contribution in [3.05, 3.63) is 71.4 Å². The number of nitrogens with one attached hydrogen (secondary N) is 2. The van der Waals surface area contributed by atoms with E-state index >= 15 is 0 Å². The molecule has 1 heterocycles. The van der Waals surface area contributed by atoms with Gasteiger partial charge in [0, 0.05) is 34.3 Å². The number of alkyl halides is 3. The average Bonchev–Trinajstić information content (AvgIpc) is 2.98. The second-order valence-corrected chi connectivity index (χ2v) is 9.98. The number of carbonyl (C=O) groups is 4. The van der Waals surface area contributed by atoms with E-state index in [4.69, 9.17) is 19.8 Å². The summed E-state index contributed by atoms with van der Waals surface area (Å²) < 4.78 is 37.7. The lowest BCUT2D eigenvalue weighted by Crippen LogP contribution is -2.49. The molecular formula is C29H31F3N4O8. The molecule has 2 aromatic carbocycles. The molecule has 0 spiro atoms. The number of aromatic nitrogens is 1. The number of para-hydroxylation sites is 1. The van der Waals surface area contributed by atoms with E-state index in [1.54, 1.807) is 24.3 Å². The smallest absolute Gasteiger partial charge is 0.489 e. The Morgan fingerprint density at radius 1 is 1.00 bits per heavy atom. The first-order chi connectivity index (χ1) is 20.8. The van der Waals surface area contributed by atoms with E-state index in [1.165, 1.54) is 5.48 Å². The molecule has 0 radical (unpaired) electrons. The molecule has 0 unspecified atom stereocenters. The summed E-state index contributed by atoms with van der Waals surface area (Å²) in [5.74, 6) is -3.10. The van der Waals surface area contributed by atoms with Crippen molar-refractivity contribution >= 4 is 34.8 Å². The Kier molecular flexibility index (Phi) is 11.4. The van der Waals surface area contributed by atoms with Gasteiger partial charge in [-0.25, -0.2) is 15.1 Å². The number of fused-ring (bicyclic) bond motifs is 1. The Bertz CT molecular complexity index is 1480. The molecule has 0 aliphatic heterocycles. The topological polar surface area (TPSA) is 178 Å². The van der Waals surface area contributed by atoms with E-state index < -0.39 is 30.7 Å². The van der Waals surface area contributed by atoms with Gasteiger partial charge in [-0.1, -0.05) is 18.2 Å². The van der Waals surface area contributed by atoms with Crippen molar-refractivity contribution in [2.45, 2.75) is 57.5 Å². The summed E-state index contributed by atoms with van der Waals surface area (Å²) in [6.45, 7) is 1.90. The number of hydroxylamine groups is 1. The number of benzene rings is 2. The first kappa shape index (κ1) is 33.6. The van der Waals surface area contributed by atoms with Crippen molar-refractivity contribution in [3.8, 4) is 5.75 Å². The van der Waals surface area contributed by atoms with Crippen molar-refractivity contribution in [3.63, 3.8) is 0 Å². The summed E-state index contributed by atoms with van der Waals surface area (Å²) in [4.78, 5) is 50.1. The third-order valence-corrected chi connectivity index (χ3v) is 6.84. The first-order valence-electron chi connectivity index (χ1n) is 13.4. The minimum absolute atomic E-state index is 0.0924. The van der Waals surface area contributed by atoms with Crippen LogP contribution in [0.1, 0.15) is 47.3 Å². The zero-order chi connectivity index (χ0) is 32.4. The van der Waals surface area contributed by atoms with Crippen molar-refractivity contribution in [2.24, 2.45) is 0 Å². The lowest BCUT2D eigenvalue weighted by atomic mass is 9.90. The van der Waals surface area contributed by atoms with Crippen LogP contribution >= 0.6 is 0 Å². The van der Waals surface area contributed by atoms with Gasteiger partial charge in [0.15, 0.2) is 0 Å². The maximum Gasteiger partial charge on any atom is 0.490 e. The molecular weight excluding hydrogens is 589 g/mol. The van der Waals surface area contributed by atoms with Crippen LogP contribution < -0.4 is 15.5 Å². The van der Waals surface area contributed by atoms with Crippen molar-refractivity contribution < 1.29 is 52.5 Å². The molecule has 1 saturated carbocycles. The Hall–Kier alpha value is -4.92. The monoisotopic (exact) mass is 620 g/mol. The molecule has 0 atom stereocenters. The molecule has 1 aromatic heterocycles. The predicted octanol–water partition coefficient (Wildman–Crippen LogP) is 4.28. The van der Waals surface area contributed by atoms with Crippen LogP contribution in [0.3, 0.4) is 0 Å². The number of halogens is 3. The number of carbonyl (C=O) groups excluding carboxylic acids is 2. The average molecular weight is 621 g/mol. The summed E-state index contributed by atoms with van der Waals surface area (Å²) in [5.41, 5.74) is 4.85. The largest absolute Gasteiger partial charge is 0.490 e. The van der Waals surface area contributed by atoms with Gasteiger partial charge in [0.05, 0.1) is 5.52 Å².